The van der Waals surface area contributed by atoms with Crippen LogP contribution in [0.4, 0.5) is 20.2 Å². The number of rotatable bonds is 4. The lowest BCUT2D eigenvalue weighted by Crippen LogP contribution is -2.43. The minimum atomic E-state index is -3.68. The Labute approximate surface area is 191 Å². The van der Waals surface area contributed by atoms with Gasteiger partial charge in [-0.25, -0.2) is 13.1 Å². The molecule has 2 aromatic carbocycles. The zero-order valence-electron chi connectivity index (χ0n) is 18.0. The minimum Gasteiger partial charge on any atom is -0.360 e. The van der Waals surface area contributed by atoms with E-state index in [-0.39, 0.29) is 12.4 Å². The third kappa shape index (κ3) is 3.33. The number of aryl methyl sites for hydroxylation is 1. The second-order valence-electron chi connectivity index (χ2n) is 8.86. The van der Waals surface area contributed by atoms with Crippen LogP contribution in [-0.2, 0) is 16.6 Å². The Morgan fingerprint density at radius 3 is 2.70 bits per heavy atom. The third-order valence-electron chi connectivity index (χ3n) is 6.92. The van der Waals surface area contributed by atoms with Gasteiger partial charge in [0.1, 0.15) is 11.6 Å². The van der Waals surface area contributed by atoms with E-state index in [0.717, 1.165) is 35.0 Å². The predicted octanol–water partition coefficient (Wildman–Crippen LogP) is 4.05. The van der Waals surface area contributed by atoms with Crippen LogP contribution in [0.5, 0.6) is 0 Å². The first-order valence-corrected chi connectivity index (χ1v) is 12.6. The summed E-state index contributed by atoms with van der Waals surface area (Å²) in [5.41, 5.74) is 4.94. The number of aromatic amines is 1. The molecule has 0 saturated carbocycles. The van der Waals surface area contributed by atoms with Gasteiger partial charge in [-0.2, -0.15) is 8.42 Å². The van der Waals surface area contributed by atoms with Gasteiger partial charge in [0.05, 0.1) is 11.4 Å². The monoisotopic (exact) mass is 470 g/mol. The molecule has 0 bridgehead atoms. The summed E-state index contributed by atoms with van der Waals surface area (Å²) in [6, 6.07) is 7.57. The number of aromatic nitrogens is 1. The Morgan fingerprint density at radius 1 is 1.00 bits per heavy atom. The van der Waals surface area contributed by atoms with Crippen LogP contribution >= 0.6 is 0 Å². The molecule has 0 unspecified atom stereocenters. The number of hydrogen-bond acceptors (Lipinski definition) is 3. The molecule has 9 heteroatoms. The van der Waals surface area contributed by atoms with Gasteiger partial charge < -0.3 is 4.98 Å². The average molecular weight is 471 g/mol. The topological polar surface area (TPSA) is 59.7 Å². The molecule has 33 heavy (non-hydrogen) atoms. The largest absolute Gasteiger partial charge is 0.360 e. The number of anilines is 2. The average Bonchev–Trinajstić information content (AvgIpc) is 3.30. The zero-order valence-corrected chi connectivity index (χ0v) is 18.8. The number of fused-ring (bicyclic) bond motifs is 1. The number of nitrogens with zero attached hydrogens (tertiary/aromatic N) is 3. The first-order valence-electron chi connectivity index (χ1n) is 11.2. The van der Waals surface area contributed by atoms with E-state index < -0.39 is 16.0 Å². The number of H-pyrrole nitrogens is 1. The highest BCUT2D eigenvalue weighted by atomic mass is 32.2. The predicted molar refractivity (Wildman–Crippen MR) is 126 cm³/mol. The highest BCUT2D eigenvalue weighted by Gasteiger charge is 2.43. The maximum Gasteiger partial charge on any atom is 0.326 e. The van der Waals surface area contributed by atoms with Crippen LogP contribution in [0.15, 0.2) is 42.6 Å². The Morgan fingerprint density at radius 2 is 1.88 bits per heavy atom. The van der Waals surface area contributed by atoms with Crippen molar-refractivity contribution >= 4 is 38.1 Å². The van der Waals surface area contributed by atoms with E-state index >= 15 is 0 Å². The molecule has 0 spiro atoms. The first kappa shape index (κ1) is 20.7. The summed E-state index contributed by atoms with van der Waals surface area (Å²) in [5, 5.41) is 0.999. The van der Waals surface area contributed by atoms with Crippen LogP contribution < -0.4 is 8.61 Å². The molecule has 0 saturated heterocycles. The molecule has 0 aliphatic carbocycles. The van der Waals surface area contributed by atoms with Crippen LogP contribution in [0.1, 0.15) is 24.0 Å². The second-order valence-corrected chi connectivity index (χ2v) is 10.6. The zero-order chi connectivity index (χ0) is 22.7. The van der Waals surface area contributed by atoms with Crippen molar-refractivity contribution in [1.82, 2.24) is 9.88 Å². The SMILES string of the molecule is O=S1(=O)N(CCN2CC=C(c3c[nH]c4cc(F)ccc34)CC2)c2cc(F)cc3c2N1CCC3. The Kier molecular flexibility index (Phi) is 4.74. The van der Waals surface area contributed by atoms with Gasteiger partial charge in [-0.15, -0.1) is 0 Å². The van der Waals surface area contributed by atoms with Gasteiger partial charge in [0.2, 0.25) is 0 Å². The second kappa shape index (κ2) is 7.56. The van der Waals surface area contributed by atoms with Gasteiger partial charge in [-0.3, -0.25) is 9.21 Å². The number of halogens is 2. The smallest absolute Gasteiger partial charge is 0.326 e. The third-order valence-corrected chi connectivity index (χ3v) is 8.78. The van der Waals surface area contributed by atoms with E-state index in [1.807, 2.05) is 6.20 Å². The molecule has 0 amide bonds. The molecule has 3 aliphatic rings. The lowest BCUT2D eigenvalue weighted by molar-refractivity contribution is 0.311. The van der Waals surface area contributed by atoms with E-state index in [4.69, 9.17) is 0 Å². The van der Waals surface area contributed by atoms with Gasteiger partial charge in [0.25, 0.3) is 0 Å². The van der Waals surface area contributed by atoms with E-state index in [2.05, 4.69) is 16.0 Å². The lowest BCUT2D eigenvalue weighted by Gasteiger charge is -2.29. The van der Waals surface area contributed by atoms with Gasteiger partial charge in [0.15, 0.2) is 0 Å². The van der Waals surface area contributed by atoms with E-state index in [0.29, 0.717) is 43.9 Å². The number of benzene rings is 2. The van der Waals surface area contributed by atoms with Crippen molar-refractivity contribution in [2.75, 3.05) is 41.3 Å². The van der Waals surface area contributed by atoms with Crippen molar-refractivity contribution < 1.29 is 17.2 Å². The highest BCUT2D eigenvalue weighted by Crippen LogP contribution is 2.46. The standard InChI is InChI=1S/C24H24F2N4O2S/c25-18-3-4-20-21(15-27-22(20)13-18)16-5-8-28(9-6-16)10-11-29-23-14-19(26)12-17-2-1-7-30(24(17)23)33(29,31)32/h3-5,12-15,27H,1-2,6-11H2. The first-order chi connectivity index (χ1) is 15.9. The molecule has 0 fully saturated rings. The molecule has 6 rings (SSSR count). The van der Waals surface area contributed by atoms with Crippen LogP contribution in [0.2, 0.25) is 0 Å². The number of hydrogen-bond donors (Lipinski definition) is 1. The molecular weight excluding hydrogens is 446 g/mol. The van der Waals surface area contributed by atoms with E-state index in [1.54, 1.807) is 6.07 Å². The molecule has 172 valence electrons. The van der Waals surface area contributed by atoms with Crippen molar-refractivity contribution in [3.63, 3.8) is 0 Å². The van der Waals surface area contributed by atoms with E-state index in [1.165, 1.54) is 38.4 Å². The van der Waals surface area contributed by atoms with Crippen molar-refractivity contribution in [3.05, 3.63) is 65.4 Å². The molecule has 1 aromatic heterocycles. The van der Waals surface area contributed by atoms with Gasteiger partial charge in [0, 0.05) is 61.5 Å². The van der Waals surface area contributed by atoms with Crippen molar-refractivity contribution in [3.8, 4) is 0 Å². The number of nitrogens with one attached hydrogen (secondary N) is 1. The van der Waals surface area contributed by atoms with Crippen LogP contribution in [-0.4, -0.2) is 51.0 Å². The summed E-state index contributed by atoms with van der Waals surface area (Å²) in [4.78, 5) is 5.34. The summed E-state index contributed by atoms with van der Waals surface area (Å²) >= 11 is 0. The molecule has 3 aromatic rings. The van der Waals surface area contributed by atoms with Crippen LogP contribution in [0, 0.1) is 11.6 Å². The molecule has 0 radical (unpaired) electrons. The fraction of sp³-hybridized carbons (Fsp3) is 0.333. The highest BCUT2D eigenvalue weighted by molar-refractivity contribution is 7.94. The molecule has 6 nitrogen and oxygen atoms in total. The van der Waals surface area contributed by atoms with Gasteiger partial charge in [-0.1, -0.05) is 6.08 Å². The Hall–Kier alpha value is -2.91. The molecule has 3 aliphatic heterocycles. The Bertz CT molecular complexity index is 1400. The lowest BCUT2D eigenvalue weighted by atomic mass is 9.99. The van der Waals surface area contributed by atoms with Crippen LogP contribution in [0.3, 0.4) is 0 Å². The minimum absolute atomic E-state index is 0.265. The summed E-state index contributed by atoms with van der Waals surface area (Å²) in [6.07, 6.45) is 6.28. The summed E-state index contributed by atoms with van der Waals surface area (Å²) in [5.74, 6) is -0.657. The molecule has 1 N–H and O–H groups in total. The van der Waals surface area contributed by atoms with Gasteiger partial charge in [-0.05, 0) is 54.7 Å². The summed E-state index contributed by atoms with van der Waals surface area (Å²) in [7, 11) is -3.68. The van der Waals surface area contributed by atoms with Crippen molar-refractivity contribution in [1.29, 1.82) is 0 Å². The molecule has 0 atom stereocenters. The van der Waals surface area contributed by atoms with Crippen molar-refractivity contribution in [2.45, 2.75) is 19.3 Å². The fourth-order valence-corrected chi connectivity index (χ4v) is 7.04. The van der Waals surface area contributed by atoms with Gasteiger partial charge >= 0.3 is 10.2 Å². The molecular formula is C24H24F2N4O2S. The quantitative estimate of drug-likeness (QED) is 0.626. The Balaban J connectivity index is 1.19. The normalized spacial score (nSPS) is 19.8. The maximum atomic E-state index is 14.2. The maximum absolute atomic E-state index is 14.2. The summed E-state index contributed by atoms with van der Waals surface area (Å²) < 4.78 is 56.9. The van der Waals surface area contributed by atoms with E-state index in [9.17, 15) is 17.2 Å². The fourth-order valence-electron chi connectivity index (χ4n) is 5.30. The van der Waals surface area contributed by atoms with Crippen LogP contribution in [0.25, 0.3) is 16.5 Å². The molecule has 4 heterocycles. The summed E-state index contributed by atoms with van der Waals surface area (Å²) in [6.45, 7) is 2.76. The van der Waals surface area contributed by atoms with Crippen molar-refractivity contribution in [2.24, 2.45) is 0 Å².